The number of ether oxygens (including phenoxy) is 1. The monoisotopic (exact) mass is 493 g/mol. The van der Waals surface area contributed by atoms with Crippen LogP contribution >= 0.6 is 11.3 Å². The molecular weight excluding hydrogens is 470 g/mol. The lowest BCUT2D eigenvalue weighted by molar-refractivity contribution is -0.148. The highest BCUT2D eigenvalue weighted by atomic mass is 32.1. The van der Waals surface area contributed by atoms with Gasteiger partial charge in [0, 0.05) is 24.3 Å². The van der Waals surface area contributed by atoms with Gasteiger partial charge in [-0.15, -0.1) is 11.3 Å². The van der Waals surface area contributed by atoms with Crippen LogP contribution in [0.4, 0.5) is 9.93 Å². The smallest absolute Gasteiger partial charge is 0.413 e. The number of aliphatic hydroxyl groups is 1. The fraction of sp³-hybridized carbons (Fsp3) is 0.280. The summed E-state index contributed by atoms with van der Waals surface area (Å²) in [5.74, 6) is -1.65. The first-order chi connectivity index (χ1) is 16.9. The molecule has 1 aliphatic heterocycles. The van der Waals surface area contributed by atoms with E-state index in [2.05, 4.69) is 22.4 Å². The molecule has 180 valence electrons. The Labute approximate surface area is 205 Å². The summed E-state index contributed by atoms with van der Waals surface area (Å²) in [5, 5.41) is 23.5. The van der Waals surface area contributed by atoms with Gasteiger partial charge in [-0.3, -0.25) is 10.1 Å². The summed E-state index contributed by atoms with van der Waals surface area (Å²) in [7, 11) is 0. The molecule has 2 aliphatic rings. The number of hydrogen-bond acceptors (Lipinski definition) is 7. The van der Waals surface area contributed by atoms with Gasteiger partial charge < -0.3 is 19.8 Å². The summed E-state index contributed by atoms with van der Waals surface area (Å²) in [6, 6.07) is 15.1. The Bertz CT molecular complexity index is 1250. The molecule has 2 aromatic carbocycles. The van der Waals surface area contributed by atoms with Crippen molar-refractivity contribution >= 4 is 34.4 Å². The fourth-order valence-corrected chi connectivity index (χ4v) is 5.44. The molecule has 1 aromatic heterocycles. The molecule has 10 heteroatoms. The number of carbonyl (C=O) groups is 3. The predicted octanol–water partition coefficient (Wildman–Crippen LogP) is 3.09. The van der Waals surface area contributed by atoms with Crippen LogP contribution in [0.5, 0.6) is 0 Å². The van der Waals surface area contributed by atoms with Crippen LogP contribution in [0.1, 0.15) is 29.2 Å². The molecule has 2 unspecified atom stereocenters. The van der Waals surface area contributed by atoms with Crippen molar-refractivity contribution in [2.75, 3.05) is 18.5 Å². The van der Waals surface area contributed by atoms with Crippen molar-refractivity contribution in [2.24, 2.45) is 0 Å². The third kappa shape index (κ3) is 4.62. The van der Waals surface area contributed by atoms with E-state index >= 15 is 0 Å². The normalized spacial score (nSPS) is 18.7. The minimum atomic E-state index is -1.15. The summed E-state index contributed by atoms with van der Waals surface area (Å²) in [5.41, 5.74) is 4.91. The third-order valence-corrected chi connectivity index (χ3v) is 7.13. The molecule has 35 heavy (non-hydrogen) atoms. The number of aliphatic carboxylic acids is 1. The van der Waals surface area contributed by atoms with Gasteiger partial charge in [0.15, 0.2) is 5.13 Å². The van der Waals surface area contributed by atoms with Crippen LogP contribution in [0, 0.1) is 0 Å². The molecule has 1 fully saturated rings. The van der Waals surface area contributed by atoms with Gasteiger partial charge in [0.1, 0.15) is 12.6 Å². The summed E-state index contributed by atoms with van der Waals surface area (Å²) in [6.07, 6.45) is -1.62. The van der Waals surface area contributed by atoms with E-state index in [4.69, 9.17) is 4.74 Å². The maximum Gasteiger partial charge on any atom is 0.413 e. The predicted molar refractivity (Wildman–Crippen MR) is 128 cm³/mol. The fourth-order valence-electron chi connectivity index (χ4n) is 4.75. The maximum atomic E-state index is 12.6. The van der Waals surface area contributed by atoms with Gasteiger partial charge in [-0.2, -0.15) is 0 Å². The summed E-state index contributed by atoms with van der Waals surface area (Å²) < 4.78 is 5.52. The summed E-state index contributed by atoms with van der Waals surface area (Å²) in [6.45, 7) is 0.148. The number of β-amino-alcohol motifs (C(OH)–C–C–N with tert-alkyl or cyclic N) is 1. The lowest BCUT2D eigenvalue weighted by Crippen LogP contribution is -2.41. The van der Waals surface area contributed by atoms with Gasteiger partial charge in [-0.1, -0.05) is 48.5 Å². The lowest BCUT2D eigenvalue weighted by atomic mass is 9.98. The van der Waals surface area contributed by atoms with Gasteiger partial charge in [0.2, 0.25) is 5.91 Å². The Balaban J connectivity index is 1.18. The van der Waals surface area contributed by atoms with Gasteiger partial charge >= 0.3 is 12.1 Å². The second-order valence-corrected chi connectivity index (χ2v) is 9.42. The first kappa shape index (κ1) is 23.0. The molecule has 2 atom stereocenters. The average Bonchev–Trinajstić information content (AvgIpc) is 3.53. The Hall–Kier alpha value is -3.76. The molecule has 0 spiro atoms. The zero-order valence-electron chi connectivity index (χ0n) is 18.6. The number of aromatic nitrogens is 1. The molecule has 0 radical (unpaired) electrons. The third-order valence-electron chi connectivity index (χ3n) is 6.32. The quantitative estimate of drug-likeness (QED) is 0.481. The number of carboxylic acid groups (broad SMARTS) is 1. The Kier molecular flexibility index (Phi) is 6.23. The SMILES string of the molecule is O=C(Nc1nc(CC(=O)N2CC(O)CC2C(=O)O)cs1)OCC1c2ccccc2-c2ccccc21. The van der Waals surface area contributed by atoms with Crippen LogP contribution < -0.4 is 5.32 Å². The van der Waals surface area contributed by atoms with E-state index in [9.17, 15) is 24.6 Å². The zero-order valence-corrected chi connectivity index (χ0v) is 19.4. The van der Waals surface area contributed by atoms with E-state index in [1.165, 1.54) is 0 Å². The minimum Gasteiger partial charge on any atom is -0.480 e. The molecule has 0 bridgehead atoms. The van der Waals surface area contributed by atoms with E-state index in [1.807, 2.05) is 36.4 Å². The number of thiazole rings is 1. The standard InChI is InChI=1S/C25H23N3O6S/c29-15-10-21(23(31)32)28(11-15)22(30)9-14-13-35-24(26-14)27-25(33)34-12-20-18-7-3-1-5-16(18)17-6-2-4-8-19(17)20/h1-8,13,15,20-21,29H,9-12H2,(H,31,32)(H,26,27,33). The number of nitrogens with zero attached hydrogens (tertiary/aromatic N) is 2. The van der Waals surface area contributed by atoms with Gasteiger partial charge in [-0.05, 0) is 22.3 Å². The molecule has 1 saturated heterocycles. The van der Waals surface area contributed by atoms with Crippen LogP contribution in [-0.4, -0.2) is 63.4 Å². The molecule has 2 heterocycles. The number of hydrogen-bond donors (Lipinski definition) is 3. The maximum absolute atomic E-state index is 12.6. The molecule has 1 aliphatic carbocycles. The Morgan fingerprint density at radius 2 is 1.74 bits per heavy atom. The first-order valence-electron chi connectivity index (χ1n) is 11.2. The number of amides is 2. The summed E-state index contributed by atoms with van der Waals surface area (Å²) in [4.78, 5) is 41.8. The highest BCUT2D eigenvalue weighted by Gasteiger charge is 2.39. The molecule has 0 saturated carbocycles. The van der Waals surface area contributed by atoms with Gasteiger partial charge in [0.25, 0.3) is 0 Å². The van der Waals surface area contributed by atoms with Crippen molar-refractivity contribution in [3.05, 3.63) is 70.7 Å². The van der Waals surface area contributed by atoms with Gasteiger partial charge in [0.05, 0.1) is 18.2 Å². The van der Waals surface area contributed by atoms with Crippen LogP contribution in [0.3, 0.4) is 0 Å². The lowest BCUT2D eigenvalue weighted by Gasteiger charge is -2.20. The van der Waals surface area contributed by atoms with Crippen molar-refractivity contribution in [1.29, 1.82) is 0 Å². The second-order valence-electron chi connectivity index (χ2n) is 8.56. The van der Waals surface area contributed by atoms with Crippen molar-refractivity contribution in [2.45, 2.75) is 30.9 Å². The number of carbonyl (C=O) groups excluding carboxylic acids is 2. The number of rotatable bonds is 6. The van der Waals surface area contributed by atoms with E-state index in [1.54, 1.807) is 5.38 Å². The number of benzene rings is 2. The molecule has 5 rings (SSSR count). The topological polar surface area (TPSA) is 129 Å². The molecule has 3 N–H and O–H groups in total. The Morgan fingerprint density at radius 3 is 2.40 bits per heavy atom. The highest BCUT2D eigenvalue weighted by molar-refractivity contribution is 7.13. The van der Waals surface area contributed by atoms with Crippen molar-refractivity contribution in [3.63, 3.8) is 0 Å². The first-order valence-corrected chi connectivity index (χ1v) is 12.1. The number of aliphatic hydroxyl groups excluding tert-OH is 1. The number of anilines is 1. The second kappa shape index (κ2) is 9.47. The average molecular weight is 494 g/mol. The number of carboxylic acids is 1. The van der Waals surface area contributed by atoms with E-state index in [0.717, 1.165) is 38.5 Å². The van der Waals surface area contributed by atoms with Crippen LogP contribution in [0.25, 0.3) is 11.1 Å². The number of nitrogens with one attached hydrogen (secondary N) is 1. The summed E-state index contributed by atoms with van der Waals surface area (Å²) >= 11 is 1.15. The van der Waals surface area contributed by atoms with E-state index < -0.39 is 30.1 Å². The molecule has 2 amide bonds. The van der Waals surface area contributed by atoms with Gasteiger partial charge in [-0.25, -0.2) is 14.6 Å². The van der Waals surface area contributed by atoms with Crippen LogP contribution in [-0.2, 0) is 20.7 Å². The molecule has 9 nitrogen and oxygen atoms in total. The van der Waals surface area contributed by atoms with Crippen molar-refractivity contribution < 1.29 is 29.3 Å². The largest absolute Gasteiger partial charge is 0.480 e. The van der Waals surface area contributed by atoms with Crippen LogP contribution in [0.2, 0.25) is 0 Å². The zero-order chi connectivity index (χ0) is 24.5. The van der Waals surface area contributed by atoms with E-state index in [0.29, 0.717) is 5.69 Å². The minimum absolute atomic E-state index is 0.00668. The number of fused-ring (bicyclic) bond motifs is 3. The van der Waals surface area contributed by atoms with E-state index in [-0.39, 0.29) is 37.0 Å². The highest BCUT2D eigenvalue weighted by Crippen LogP contribution is 2.44. The molecular formula is C25H23N3O6S. The number of likely N-dealkylation sites (tertiary alicyclic amines) is 1. The Morgan fingerprint density at radius 1 is 1.09 bits per heavy atom. The van der Waals surface area contributed by atoms with Crippen molar-refractivity contribution in [3.8, 4) is 11.1 Å². The van der Waals surface area contributed by atoms with Crippen LogP contribution in [0.15, 0.2) is 53.9 Å². The molecule has 3 aromatic rings. The van der Waals surface area contributed by atoms with Crippen molar-refractivity contribution in [1.82, 2.24) is 9.88 Å².